The fourth-order valence-electron chi connectivity index (χ4n) is 2.05. The van der Waals surface area contributed by atoms with E-state index in [4.69, 9.17) is 27.1 Å². The maximum Gasteiger partial charge on any atom is 0.224 e. The standard InChI is InChI=1S/C11H16ClN3O2/c1-2-16-17-6-7-3-4-9-8(5-7)10(13)15-11(12)14-9/h7H,2-6H2,1H3,(H2,13,14,15). The van der Waals surface area contributed by atoms with Crippen molar-refractivity contribution in [1.82, 2.24) is 9.97 Å². The van der Waals surface area contributed by atoms with E-state index in [9.17, 15) is 0 Å². The summed E-state index contributed by atoms with van der Waals surface area (Å²) < 4.78 is 0. The zero-order valence-corrected chi connectivity index (χ0v) is 10.5. The first-order chi connectivity index (χ1) is 8.20. The number of aromatic nitrogens is 2. The van der Waals surface area contributed by atoms with Crippen molar-refractivity contribution in [2.24, 2.45) is 5.92 Å². The molecule has 0 aliphatic heterocycles. The van der Waals surface area contributed by atoms with Gasteiger partial charge in [-0.1, -0.05) is 0 Å². The number of rotatable bonds is 4. The quantitative estimate of drug-likeness (QED) is 0.385. The summed E-state index contributed by atoms with van der Waals surface area (Å²) in [5.74, 6) is 0.891. The number of fused-ring (bicyclic) bond motifs is 1. The highest BCUT2D eigenvalue weighted by atomic mass is 35.5. The van der Waals surface area contributed by atoms with Gasteiger partial charge < -0.3 is 5.73 Å². The number of hydrogen-bond donors (Lipinski definition) is 1. The lowest BCUT2D eigenvalue weighted by Crippen LogP contribution is -2.22. The number of halogens is 1. The predicted octanol–water partition coefficient (Wildman–Crippen LogP) is 1.79. The molecule has 1 aromatic heterocycles. The van der Waals surface area contributed by atoms with Gasteiger partial charge in [-0.3, -0.25) is 0 Å². The van der Waals surface area contributed by atoms with Crippen LogP contribution in [0.15, 0.2) is 0 Å². The van der Waals surface area contributed by atoms with Crippen molar-refractivity contribution < 1.29 is 9.78 Å². The molecule has 1 unspecified atom stereocenters. The van der Waals surface area contributed by atoms with Crippen LogP contribution in [0.5, 0.6) is 0 Å². The van der Waals surface area contributed by atoms with Gasteiger partial charge in [0.15, 0.2) is 0 Å². The SMILES string of the molecule is CCOOCC1CCc2nc(Cl)nc(N)c2C1. The Kier molecular flexibility index (Phi) is 4.15. The molecule has 0 aromatic carbocycles. The number of nitrogens with two attached hydrogens (primary N) is 1. The first-order valence-corrected chi connectivity index (χ1v) is 6.13. The van der Waals surface area contributed by atoms with Gasteiger partial charge in [0.2, 0.25) is 5.28 Å². The molecule has 17 heavy (non-hydrogen) atoms. The van der Waals surface area contributed by atoms with Crippen LogP contribution in [0.2, 0.25) is 5.28 Å². The minimum absolute atomic E-state index is 0.227. The number of aryl methyl sites for hydroxylation is 1. The Morgan fingerprint density at radius 1 is 1.41 bits per heavy atom. The predicted molar refractivity (Wildman–Crippen MR) is 64.5 cm³/mol. The highest BCUT2D eigenvalue weighted by molar-refractivity contribution is 6.28. The first-order valence-electron chi connectivity index (χ1n) is 5.76. The number of nitrogen functional groups attached to an aromatic ring is 1. The summed E-state index contributed by atoms with van der Waals surface area (Å²) in [6.45, 7) is 3.03. The van der Waals surface area contributed by atoms with E-state index in [1.54, 1.807) is 0 Å². The molecule has 94 valence electrons. The highest BCUT2D eigenvalue weighted by Gasteiger charge is 2.23. The minimum Gasteiger partial charge on any atom is -0.383 e. The third-order valence-corrected chi connectivity index (χ3v) is 3.05. The van der Waals surface area contributed by atoms with Crippen LogP contribution in [-0.2, 0) is 22.6 Å². The molecule has 2 rings (SSSR count). The molecule has 0 spiro atoms. The molecule has 1 heterocycles. The minimum atomic E-state index is 0.227. The molecule has 0 amide bonds. The second-order valence-electron chi connectivity index (χ2n) is 4.10. The fourth-order valence-corrected chi connectivity index (χ4v) is 2.24. The molecule has 2 N–H and O–H groups in total. The van der Waals surface area contributed by atoms with Crippen LogP contribution in [0, 0.1) is 5.92 Å². The molecular weight excluding hydrogens is 242 g/mol. The van der Waals surface area contributed by atoms with Gasteiger partial charge in [0.05, 0.1) is 18.9 Å². The van der Waals surface area contributed by atoms with Crippen molar-refractivity contribution >= 4 is 17.4 Å². The van der Waals surface area contributed by atoms with Crippen LogP contribution >= 0.6 is 11.6 Å². The molecule has 1 aliphatic rings. The second-order valence-corrected chi connectivity index (χ2v) is 4.44. The Balaban J connectivity index is 2.03. The molecule has 0 fully saturated rings. The molecule has 1 aliphatic carbocycles. The number of anilines is 1. The Bertz CT molecular complexity index is 401. The summed E-state index contributed by atoms with van der Waals surface area (Å²) in [5, 5.41) is 0.227. The van der Waals surface area contributed by atoms with Crippen molar-refractivity contribution in [3.05, 3.63) is 16.5 Å². The lowest BCUT2D eigenvalue weighted by Gasteiger charge is -2.23. The highest BCUT2D eigenvalue weighted by Crippen LogP contribution is 2.28. The van der Waals surface area contributed by atoms with Gasteiger partial charge in [-0.15, -0.1) is 0 Å². The Morgan fingerprint density at radius 3 is 3.00 bits per heavy atom. The number of hydrogen-bond acceptors (Lipinski definition) is 5. The maximum atomic E-state index is 5.85. The van der Waals surface area contributed by atoms with Gasteiger partial charge in [-0.05, 0) is 43.7 Å². The molecule has 5 nitrogen and oxygen atoms in total. The van der Waals surface area contributed by atoms with Crippen molar-refractivity contribution in [2.75, 3.05) is 18.9 Å². The van der Waals surface area contributed by atoms with E-state index in [-0.39, 0.29) is 5.28 Å². The lowest BCUT2D eigenvalue weighted by molar-refractivity contribution is -0.298. The summed E-state index contributed by atoms with van der Waals surface area (Å²) in [6, 6.07) is 0. The van der Waals surface area contributed by atoms with Crippen molar-refractivity contribution in [3.8, 4) is 0 Å². The van der Waals surface area contributed by atoms with Crippen LogP contribution in [0.4, 0.5) is 5.82 Å². The average molecular weight is 258 g/mol. The van der Waals surface area contributed by atoms with Gasteiger partial charge in [0, 0.05) is 5.56 Å². The van der Waals surface area contributed by atoms with Gasteiger partial charge in [0.25, 0.3) is 0 Å². The summed E-state index contributed by atoms with van der Waals surface area (Å²) in [7, 11) is 0. The zero-order chi connectivity index (χ0) is 12.3. The number of nitrogens with zero attached hydrogens (tertiary/aromatic N) is 2. The van der Waals surface area contributed by atoms with Crippen LogP contribution < -0.4 is 5.73 Å². The smallest absolute Gasteiger partial charge is 0.224 e. The molecule has 0 bridgehead atoms. The van der Waals surface area contributed by atoms with Crippen LogP contribution in [-0.4, -0.2) is 23.2 Å². The van der Waals surface area contributed by atoms with Crippen molar-refractivity contribution in [1.29, 1.82) is 0 Å². The Labute approximate surface area is 105 Å². The van der Waals surface area contributed by atoms with Gasteiger partial charge in [-0.2, -0.15) is 0 Å². The summed E-state index contributed by atoms with van der Waals surface area (Å²) in [6.07, 6.45) is 2.69. The largest absolute Gasteiger partial charge is 0.383 e. The maximum absolute atomic E-state index is 5.85. The van der Waals surface area contributed by atoms with Crippen molar-refractivity contribution in [3.63, 3.8) is 0 Å². The van der Waals surface area contributed by atoms with E-state index in [0.717, 1.165) is 30.5 Å². The average Bonchev–Trinajstić information content (AvgIpc) is 2.30. The van der Waals surface area contributed by atoms with Gasteiger partial charge >= 0.3 is 0 Å². The summed E-state index contributed by atoms with van der Waals surface area (Å²) in [4.78, 5) is 18.2. The first kappa shape index (κ1) is 12.5. The molecule has 0 saturated carbocycles. The van der Waals surface area contributed by atoms with E-state index in [0.29, 0.717) is 24.9 Å². The third kappa shape index (κ3) is 3.06. The molecule has 1 aromatic rings. The van der Waals surface area contributed by atoms with Crippen LogP contribution in [0.1, 0.15) is 24.6 Å². The second kappa shape index (κ2) is 5.62. The van der Waals surface area contributed by atoms with E-state index >= 15 is 0 Å². The fraction of sp³-hybridized carbons (Fsp3) is 0.636. The molecule has 0 radical (unpaired) electrons. The Hall–Kier alpha value is -0.910. The normalized spacial score (nSPS) is 19.1. The van der Waals surface area contributed by atoms with E-state index in [1.165, 1.54) is 0 Å². The van der Waals surface area contributed by atoms with Crippen molar-refractivity contribution in [2.45, 2.75) is 26.2 Å². The monoisotopic (exact) mass is 257 g/mol. The zero-order valence-electron chi connectivity index (χ0n) is 9.78. The van der Waals surface area contributed by atoms with Gasteiger partial charge in [-0.25, -0.2) is 19.7 Å². The van der Waals surface area contributed by atoms with E-state index < -0.39 is 0 Å². The van der Waals surface area contributed by atoms with Crippen LogP contribution in [0.25, 0.3) is 0 Å². The summed E-state index contributed by atoms with van der Waals surface area (Å²) in [5.41, 5.74) is 7.82. The molecule has 0 saturated heterocycles. The Morgan fingerprint density at radius 2 is 2.24 bits per heavy atom. The van der Waals surface area contributed by atoms with E-state index in [1.807, 2.05) is 6.92 Å². The topological polar surface area (TPSA) is 70.3 Å². The molecule has 1 atom stereocenters. The van der Waals surface area contributed by atoms with Crippen LogP contribution in [0.3, 0.4) is 0 Å². The molecule has 6 heteroatoms. The third-order valence-electron chi connectivity index (χ3n) is 2.88. The van der Waals surface area contributed by atoms with E-state index in [2.05, 4.69) is 9.97 Å². The molecular formula is C11H16ClN3O2. The summed E-state index contributed by atoms with van der Waals surface area (Å²) >= 11 is 5.77. The lowest BCUT2D eigenvalue weighted by atomic mass is 9.87. The van der Waals surface area contributed by atoms with Gasteiger partial charge in [0.1, 0.15) is 5.82 Å².